The van der Waals surface area contributed by atoms with Crippen molar-refractivity contribution in [3.63, 3.8) is 0 Å². The quantitative estimate of drug-likeness (QED) is 0.652. The first-order valence-corrected chi connectivity index (χ1v) is 9.86. The highest BCUT2D eigenvalue weighted by Gasteiger charge is 2.32. The first kappa shape index (κ1) is 20.3. The molecular weight excluding hydrogens is 391 g/mol. The standard InChI is InChI=1S/C22H22F3N5/c23-22(24,25)15-30-10-4-5-16(14-30)8-9-20-26-13-19(29-20)18-11-27-21(28-12-18)17-6-2-1-3-7-17/h1-3,6-9,11-13,16H,4-5,10,14-15H2,(H,26,29)/t16-/m1/s1. The molecule has 1 aromatic carbocycles. The van der Waals surface area contributed by atoms with E-state index in [9.17, 15) is 13.2 Å². The molecule has 8 heteroatoms. The van der Waals surface area contributed by atoms with Crippen LogP contribution in [-0.4, -0.2) is 50.6 Å². The Balaban J connectivity index is 1.39. The van der Waals surface area contributed by atoms with E-state index in [1.807, 2.05) is 42.5 Å². The van der Waals surface area contributed by atoms with Gasteiger partial charge in [0, 0.05) is 30.1 Å². The second-order valence-corrected chi connectivity index (χ2v) is 7.46. The van der Waals surface area contributed by atoms with Crippen molar-refractivity contribution in [1.82, 2.24) is 24.8 Å². The fourth-order valence-corrected chi connectivity index (χ4v) is 3.64. The van der Waals surface area contributed by atoms with E-state index in [-0.39, 0.29) is 5.92 Å². The number of piperidine rings is 1. The van der Waals surface area contributed by atoms with Crippen LogP contribution in [0.3, 0.4) is 0 Å². The SMILES string of the molecule is FC(F)(F)CN1CCC[C@H](C=Cc2ncc(-c3cnc(-c4ccccc4)nc3)[nH]2)C1. The third-order valence-electron chi connectivity index (χ3n) is 5.06. The fraction of sp³-hybridized carbons (Fsp3) is 0.318. The van der Waals surface area contributed by atoms with Crippen molar-refractivity contribution in [3.05, 3.63) is 60.8 Å². The zero-order valence-electron chi connectivity index (χ0n) is 16.3. The lowest BCUT2D eigenvalue weighted by Gasteiger charge is -2.31. The van der Waals surface area contributed by atoms with E-state index in [1.165, 1.54) is 4.90 Å². The Morgan fingerprint density at radius 3 is 2.53 bits per heavy atom. The molecule has 0 radical (unpaired) electrons. The van der Waals surface area contributed by atoms with Crippen LogP contribution >= 0.6 is 0 Å². The van der Waals surface area contributed by atoms with Gasteiger partial charge in [-0.1, -0.05) is 36.4 Å². The summed E-state index contributed by atoms with van der Waals surface area (Å²) >= 11 is 0. The number of H-pyrrole nitrogens is 1. The predicted molar refractivity (Wildman–Crippen MR) is 109 cm³/mol. The Bertz CT molecular complexity index is 980. The van der Waals surface area contributed by atoms with Crippen molar-refractivity contribution in [1.29, 1.82) is 0 Å². The Hall–Kier alpha value is -3.00. The van der Waals surface area contributed by atoms with Gasteiger partial charge in [0.25, 0.3) is 0 Å². The maximum Gasteiger partial charge on any atom is 0.401 e. The molecule has 0 saturated carbocycles. The van der Waals surface area contributed by atoms with Gasteiger partial charge in [-0.2, -0.15) is 13.2 Å². The van der Waals surface area contributed by atoms with Crippen molar-refractivity contribution in [2.24, 2.45) is 5.92 Å². The highest BCUT2D eigenvalue weighted by atomic mass is 19.4. The largest absolute Gasteiger partial charge is 0.401 e. The molecule has 1 atom stereocenters. The predicted octanol–water partition coefficient (Wildman–Crippen LogP) is 4.82. The first-order valence-electron chi connectivity index (χ1n) is 9.86. The number of imidazole rings is 1. The van der Waals surface area contributed by atoms with Crippen LogP contribution in [0.5, 0.6) is 0 Å². The van der Waals surface area contributed by atoms with Gasteiger partial charge >= 0.3 is 6.18 Å². The van der Waals surface area contributed by atoms with Gasteiger partial charge in [-0.3, -0.25) is 4.90 Å². The van der Waals surface area contributed by atoms with Crippen LogP contribution in [0.2, 0.25) is 0 Å². The molecule has 156 valence electrons. The summed E-state index contributed by atoms with van der Waals surface area (Å²) in [7, 11) is 0. The van der Waals surface area contributed by atoms with E-state index in [0.29, 0.717) is 24.7 Å². The summed E-state index contributed by atoms with van der Waals surface area (Å²) in [6.45, 7) is 0.0628. The molecule has 2 aromatic heterocycles. The molecule has 0 bridgehead atoms. The molecule has 30 heavy (non-hydrogen) atoms. The number of halogens is 3. The molecule has 4 rings (SSSR count). The van der Waals surface area contributed by atoms with Crippen LogP contribution in [0.4, 0.5) is 13.2 Å². The van der Waals surface area contributed by atoms with Gasteiger partial charge in [0.1, 0.15) is 5.82 Å². The fourth-order valence-electron chi connectivity index (χ4n) is 3.64. The number of aromatic nitrogens is 4. The van der Waals surface area contributed by atoms with E-state index in [2.05, 4.69) is 19.9 Å². The number of nitrogens with zero attached hydrogens (tertiary/aromatic N) is 4. The second kappa shape index (κ2) is 8.79. The number of likely N-dealkylation sites (tertiary alicyclic amines) is 1. The van der Waals surface area contributed by atoms with Crippen LogP contribution in [-0.2, 0) is 0 Å². The van der Waals surface area contributed by atoms with Crippen LogP contribution in [0, 0.1) is 5.92 Å². The van der Waals surface area contributed by atoms with Crippen molar-refractivity contribution in [2.45, 2.75) is 19.0 Å². The van der Waals surface area contributed by atoms with Crippen molar-refractivity contribution < 1.29 is 13.2 Å². The van der Waals surface area contributed by atoms with E-state index < -0.39 is 12.7 Å². The minimum Gasteiger partial charge on any atom is -0.338 e. The Labute approximate surface area is 172 Å². The van der Waals surface area contributed by atoms with Crippen molar-refractivity contribution in [2.75, 3.05) is 19.6 Å². The second-order valence-electron chi connectivity index (χ2n) is 7.46. The number of nitrogens with one attached hydrogen (secondary N) is 1. The molecule has 1 N–H and O–H groups in total. The molecule has 0 aliphatic carbocycles. The molecule has 3 heterocycles. The minimum absolute atomic E-state index is 0.0862. The lowest BCUT2D eigenvalue weighted by molar-refractivity contribution is -0.148. The normalized spacial score (nSPS) is 18.2. The number of alkyl halides is 3. The monoisotopic (exact) mass is 413 g/mol. The summed E-state index contributed by atoms with van der Waals surface area (Å²) in [5.41, 5.74) is 2.55. The summed E-state index contributed by atoms with van der Waals surface area (Å²) in [5.74, 6) is 1.40. The van der Waals surface area contributed by atoms with E-state index in [0.717, 1.165) is 29.7 Å². The Kier molecular flexibility index (Phi) is 5.94. The molecule has 5 nitrogen and oxygen atoms in total. The number of aromatic amines is 1. The minimum atomic E-state index is -4.15. The van der Waals surface area contributed by atoms with Crippen molar-refractivity contribution >= 4 is 6.08 Å². The molecule has 3 aromatic rings. The zero-order chi connectivity index (χ0) is 21.0. The third kappa shape index (κ3) is 5.33. The molecule has 1 aliphatic heterocycles. The van der Waals surface area contributed by atoms with Gasteiger partial charge in [-0.05, 0) is 31.4 Å². The highest BCUT2D eigenvalue weighted by molar-refractivity contribution is 5.61. The van der Waals surface area contributed by atoms with Gasteiger partial charge in [-0.25, -0.2) is 15.0 Å². The topological polar surface area (TPSA) is 57.7 Å². The lowest BCUT2D eigenvalue weighted by Crippen LogP contribution is -2.40. The number of benzene rings is 1. The zero-order valence-corrected chi connectivity index (χ0v) is 16.3. The summed E-state index contributed by atoms with van der Waals surface area (Å²) in [6.07, 6.45) is 6.47. The van der Waals surface area contributed by atoms with E-state index in [1.54, 1.807) is 18.6 Å². The molecular formula is C22H22F3N5. The average molecular weight is 413 g/mol. The summed E-state index contributed by atoms with van der Waals surface area (Å²) in [4.78, 5) is 17.9. The van der Waals surface area contributed by atoms with Gasteiger partial charge in [0.2, 0.25) is 0 Å². The Morgan fingerprint density at radius 2 is 1.80 bits per heavy atom. The Morgan fingerprint density at radius 1 is 1.03 bits per heavy atom. The molecule has 0 unspecified atom stereocenters. The van der Waals surface area contributed by atoms with E-state index in [4.69, 9.17) is 0 Å². The van der Waals surface area contributed by atoms with Crippen LogP contribution in [0.15, 0.2) is 55.0 Å². The molecule has 1 aliphatic rings. The maximum absolute atomic E-state index is 12.6. The van der Waals surface area contributed by atoms with Gasteiger partial charge < -0.3 is 4.98 Å². The van der Waals surface area contributed by atoms with Gasteiger partial charge in [0.05, 0.1) is 18.4 Å². The average Bonchev–Trinajstić information content (AvgIpc) is 3.21. The maximum atomic E-state index is 12.6. The van der Waals surface area contributed by atoms with E-state index >= 15 is 0 Å². The smallest absolute Gasteiger partial charge is 0.338 e. The number of hydrogen-bond acceptors (Lipinski definition) is 4. The number of rotatable bonds is 5. The summed E-state index contributed by atoms with van der Waals surface area (Å²) < 4.78 is 37.9. The van der Waals surface area contributed by atoms with Crippen LogP contribution in [0.1, 0.15) is 18.7 Å². The third-order valence-corrected chi connectivity index (χ3v) is 5.06. The van der Waals surface area contributed by atoms with Gasteiger partial charge in [-0.15, -0.1) is 0 Å². The first-order chi connectivity index (χ1) is 14.5. The summed E-state index contributed by atoms with van der Waals surface area (Å²) in [5, 5.41) is 0. The lowest BCUT2D eigenvalue weighted by atomic mass is 9.97. The molecule has 1 fully saturated rings. The molecule has 0 spiro atoms. The highest BCUT2D eigenvalue weighted by Crippen LogP contribution is 2.24. The van der Waals surface area contributed by atoms with Crippen molar-refractivity contribution in [3.8, 4) is 22.6 Å². The summed E-state index contributed by atoms with van der Waals surface area (Å²) in [6, 6.07) is 9.73. The molecule has 0 amide bonds. The van der Waals surface area contributed by atoms with Crippen LogP contribution in [0.25, 0.3) is 28.7 Å². The number of hydrogen-bond donors (Lipinski definition) is 1. The molecule has 1 saturated heterocycles. The van der Waals surface area contributed by atoms with Crippen LogP contribution < -0.4 is 0 Å². The van der Waals surface area contributed by atoms with Gasteiger partial charge in [0.15, 0.2) is 5.82 Å².